The molecule has 1 fully saturated rings. The lowest BCUT2D eigenvalue weighted by atomic mass is 10.2. The van der Waals surface area contributed by atoms with Gasteiger partial charge in [0.05, 0.1) is 19.9 Å². The van der Waals surface area contributed by atoms with Gasteiger partial charge in [0.2, 0.25) is 0 Å². The first-order chi connectivity index (χ1) is 13.8. The van der Waals surface area contributed by atoms with Crippen LogP contribution in [0.5, 0.6) is 11.5 Å². The molecular formula is C19H21N3O6S. The van der Waals surface area contributed by atoms with E-state index in [4.69, 9.17) is 14.2 Å². The molecule has 1 atom stereocenters. The van der Waals surface area contributed by atoms with Gasteiger partial charge in [-0.25, -0.2) is 14.6 Å². The van der Waals surface area contributed by atoms with Crippen molar-refractivity contribution in [1.29, 1.82) is 0 Å². The quantitative estimate of drug-likeness (QED) is 0.716. The van der Waals surface area contributed by atoms with Gasteiger partial charge in [0, 0.05) is 18.7 Å². The van der Waals surface area contributed by atoms with Crippen LogP contribution < -0.4 is 14.8 Å². The number of esters is 1. The average Bonchev–Trinajstić information content (AvgIpc) is 3.32. The van der Waals surface area contributed by atoms with Crippen LogP contribution in [-0.2, 0) is 9.53 Å². The normalized spacial score (nSPS) is 14.3. The van der Waals surface area contributed by atoms with Crippen LogP contribution in [0.3, 0.4) is 0 Å². The summed E-state index contributed by atoms with van der Waals surface area (Å²) in [5.41, 5.74) is 1.25. The number of benzene rings is 1. The predicted octanol–water partition coefficient (Wildman–Crippen LogP) is 2.23. The van der Waals surface area contributed by atoms with Crippen LogP contribution in [0, 0.1) is 6.92 Å². The van der Waals surface area contributed by atoms with Crippen molar-refractivity contribution in [1.82, 2.24) is 15.2 Å². The summed E-state index contributed by atoms with van der Waals surface area (Å²) in [6.07, 6.45) is -1.09. The van der Waals surface area contributed by atoms with Crippen molar-refractivity contribution in [3.63, 3.8) is 0 Å². The maximum absolute atomic E-state index is 12.6. The lowest BCUT2D eigenvalue weighted by molar-refractivity contribution is -0.136. The number of methoxy groups -OCH3 is 2. The summed E-state index contributed by atoms with van der Waals surface area (Å²) in [7, 11) is 3.09. The van der Waals surface area contributed by atoms with Crippen molar-refractivity contribution in [3.05, 3.63) is 28.8 Å². The Hall–Kier alpha value is -3.14. The second kappa shape index (κ2) is 8.48. The van der Waals surface area contributed by atoms with Gasteiger partial charge in [0.1, 0.15) is 9.88 Å². The molecule has 9 nitrogen and oxygen atoms in total. The van der Waals surface area contributed by atoms with Gasteiger partial charge >= 0.3 is 12.0 Å². The van der Waals surface area contributed by atoms with E-state index in [-0.39, 0.29) is 6.54 Å². The molecule has 10 heteroatoms. The van der Waals surface area contributed by atoms with Gasteiger partial charge in [0.25, 0.3) is 5.91 Å². The first-order valence-electron chi connectivity index (χ1n) is 8.85. The van der Waals surface area contributed by atoms with E-state index in [1.54, 1.807) is 26.2 Å². The van der Waals surface area contributed by atoms with Gasteiger partial charge < -0.3 is 19.5 Å². The number of nitrogens with zero attached hydrogens (tertiary/aromatic N) is 2. The number of hydrogen-bond donors (Lipinski definition) is 1. The van der Waals surface area contributed by atoms with Crippen molar-refractivity contribution in [2.45, 2.75) is 20.0 Å². The summed E-state index contributed by atoms with van der Waals surface area (Å²) < 4.78 is 15.8. The molecule has 2 heterocycles. The van der Waals surface area contributed by atoms with Gasteiger partial charge in [-0.2, -0.15) is 0 Å². The number of thiazole rings is 1. The van der Waals surface area contributed by atoms with E-state index in [1.165, 1.54) is 14.0 Å². The molecule has 1 aliphatic rings. The van der Waals surface area contributed by atoms with Crippen LogP contribution in [0.15, 0.2) is 18.2 Å². The second-order valence-corrected chi connectivity index (χ2v) is 7.27. The molecule has 0 spiro atoms. The molecule has 29 heavy (non-hydrogen) atoms. The Labute approximate surface area is 171 Å². The predicted molar refractivity (Wildman–Crippen MR) is 105 cm³/mol. The Morgan fingerprint density at radius 3 is 2.59 bits per heavy atom. The highest BCUT2D eigenvalue weighted by molar-refractivity contribution is 7.17. The van der Waals surface area contributed by atoms with Crippen LogP contribution in [0.2, 0.25) is 0 Å². The van der Waals surface area contributed by atoms with Gasteiger partial charge in [0.15, 0.2) is 17.6 Å². The first-order valence-corrected chi connectivity index (χ1v) is 9.67. The minimum Gasteiger partial charge on any atom is -0.493 e. The lowest BCUT2D eigenvalue weighted by Crippen LogP contribution is -2.41. The highest BCUT2D eigenvalue weighted by Gasteiger charge is 2.32. The summed E-state index contributed by atoms with van der Waals surface area (Å²) in [4.78, 5) is 42.3. The Morgan fingerprint density at radius 1 is 1.24 bits per heavy atom. The Balaban J connectivity index is 1.76. The standard InChI is InChI=1S/C19H21N3O6S/c1-10-15(18(24)28-11(2)17(23)22-8-7-20-19(22)25)29-16(21-10)12-5-6-13(26-3)14(9-12)27-4/h5-6,9,11H,7-8H2,1-4H3,(H,20,25)/t11-/m0/s1. The van der Waals surface area contributed by atoms with E-state index in [9.17, 15) is 14.4 Å². The number of ether oxygens (including phenoxy) is 3. The summed E-state index contributed by atoms with van der Waals surface area (Å²) in [6, 6.07) is 4.85. The fourth-order valence-electron chi connectivity index (χ4n) is 2.84. The molecule has 3 amide bonds. The number of nitrogens with one attached hydrogen (secondary N) is 1. The monoisotopic (exact) mass is 419 g/mol. The number of aromatic nitrogens is 1. The molecule has 3 rings (SSSR count). The Kier molecular flexibility index (Phi) is 6.02. The molecule has 1 saturated heterocycles. The summed E-state index contributed by atoms with van der Waals surface area (Å²) in [5, 5.41) is 3.14. The third kappa shape index (κ3) is 4.16. The van der Waals surface area contributed by atoms with Crippen LogP contribution in [0.1, 0.15) is 22.3 Å². The van der Waals surface area contributed by atoms with Gasteiger partial charge in [-0.05, 0) is 32.0 Å². The molecular weight excluding hydrogens is 398 g/mol. The molecule has 1 aromatic carbocycles. The maximum atomic E-state index is 12.6. The number of carbonyl (C=O) groups is 3. The number of amides is 3. The number of hydrogen-bond acceptors (Lipinski definition) is 8. The fourth-order valence-corrected chi connectivity index (χ4v) is 3.79. The van der Waals surface area contributed by atoms with Gasteiger partial charge in [-0.1, -0.05) is 0 Å². The number of rotatable bonds is 6. The molecule has 0 bridgehead atoms. The third-order valence-corrected chi connectivity index (χ3v) is 5.55. The number of carbonyl (C=O) groups excluding carboxylic acids is 3. The largest absolute Gasteiger partial charge is 0.493 e. The Bertz CT molecular complexity index is 957. The molecule has 2 aromatic rings. The summed E-state index contributed by atoms with van der Waals surface area (Å²) >= 11 is 1.15. The number of imide groups is 1. The fraction of sp³-hybridized carbons (Fsp3) is 0.368. The highest BCUT2D eigenvalue weighted by atomic mass is 32.1. The lowest BCUT2D eigenvalue weighted by Gasteiger charge is -2.17. The second-order valence-electron chi connectivity index (χ2n) is 6.27. The number of urea groups is 1. The van der Waals surface area contributed by atoms with Crippen molar-refractivity contribution in [2.24, 2.45) is 0 Å². The van der Waals surface area contributed by atoms with Crippen LogP contribution in [0.25, 0.3) is 10.6 Å². The maximum Gasteiger partial charge on any atom is 0.351 e. The Morgan fingerprint density at radius 2 is 1.97 bits per heavy atom. The third-order valence-electron chi connectivity index (χ3n) is 4.37. The van der Waals surface area contributed by atoms with Crippen molar-refractivity contribution < 1.29 is 28.6 Å². The molecule has 0 unspecified atom stereocenters. The van der Waals surface area contributed by atoms with Crippen LogP contribution in [0.4, 0.5) is 4.79 Å². The average molecular weight is 419 g/mol. The van der Waals surface area contributed by atoms with Crippen molar-refractivity contribution >= 4 is 29.2 Å². The zero-order chi connectivity index (χ0) is 21.1. The SMILES string of the molecule is COc1ccc(-c2nc(C)c(C(=O)O[C@@H](C)C(=O)N3CCNC3=O)s2)cc1OC. The molecule has 0 saturated carbocycles. The van der Waals surface area contributed by atoms with Crippen molar-refractivity contribution in [3.8, 4) is 22.1 Å². The molecule has 1 aromatic heterocycles. The first kappa shape index (κ1) is 20.6. The topological polar surface area (TPSA) is 107 Å². The molecule has 0 radical (unpaired) electrons. The van der Waals surface area contributed by atoms with Crippen LogP contribution >= 0.6 is 11.3 Å². The minimum atomic E-state index is -1.09. The van der Waals surface area contributed by atoms with E-state index in [1.807, 2.05) is 6.07 Å². The zero-order valence-corrected chi connectivity index (χ0v) is 17.3. The molecule has 1 N–H and O–H groups in total. The molecule has 154 valence electrons. The summed E-state index contributed by atoms with van der Waals surface area (Å²) in [6.45, 7) is 3.77. The van der Waals surface area contributed by atoms with E-state index in [0.29, 0.717) is 33.6 Å². The van der Waals surface area contributed by atoms with Gasteiger partial charge in [-0.3, -0.25) is 9.69 Å². The minimum absolute atomic E-state index is 0.253. The van der Waals surface area contributed by atoms with Gasteiger partial charge in [-0.15, -0.1) is 11.3 Å². The van der Waals surface area contributed by atoms with E-state index in [0.717, 1.165) is 21.8 Å². The van der Waals surface area contributed by atoms with E-state index >= 15 is 0 Å². The summed E-state index contributed by atoms with van der Waals surface area (Å²) in [5.74, 6) is -0.0876. The molecule has 0 aliphatic carbocycles. The smallest absolute Gasteiger partial charge is 0.351 e. The number of aryl methyl sites for hydroxylation is 1. The van der Waals surface area contributed by atoms with Crippen molar-refractivity contribution in [2.75, 3.05) is 27.3 Å². The molecule has 1 aliphatic heterocycles. The van der Waals surface area contributed by atoms with Crippen LogP contribution in [-0.4, -0.2) is 61.2 Å². The van der Waals surface area contributed by atoms with E-state index < -0.39 is 24.0 Å². The zero-order valence-electron chi connectivity index (χ0n) is 16.5. The van der Waals surface area contributed by atoms with E-state index in [2.05, 4.69) is 10.3 Å². The highest BCUT2D eigenvalue weighted by Crippen LogP contribution is 2.35.